The van der Waals surface area contributed by atoms with Gasteiger partial charge in [0.25, 0.3) is 0 Å². The van der Waals surface area contributed by atoms with Crippen LogP contribution in [0.2, 0.25) is 0 Å². The Morgan fingerprint density at radius 1 is 0.833 bits per heavy atom. The molecule has 0 unspecified atom stereocenters. The van der Waals surface area contributed by atoms with E-state index in [9.17, 15) is 0 Å². The number of hydrogen-bond donors (Lipinski definition) is 0. The lowest BCUT2D eigenvalue weighted by Gasteiger charge is -2.13. The minimum Gasteiger partial charge on any atom is -0.493 e. The summed E-state index contributed by atoms with van der Waals surface area (Å²) in [7, 11) is 0. The molecule has 0 amide bonds. The molecule has 2 aromatic rings. The Morgan fingerprint density at radius 3 is 2.25 bits per heavy atom. The fraction of sp³-hybridized carbons (Fsp3) is 0.391. The van der Waals surface area contributed by atoms with Crippen LogP contribution in [-0.2, 0) is 6.42 Å². The van der Waals surface area contributed by atoms with E-state index in [0.717, 1.165) is 25.2 Å². The molecule has 2 rings (SSSR count). The van der Waals surface area contributed by atoms with Gasteiger partial charge in [-0.15, -0.1) is 0 Å². The topological polar surface area (TPSA) is 9.23 Å². The molecule has 0 radical (unpaired) electrons. The second-order valence-corrected chi connectivity index (χ2v) is 6.39. The van der Waals surface area contributed by atoms with Crippen molar-refractivity contribution in [3.8, 4) is 5.75 Å². The van der Waals surface area contributed by atoms with Gasteiger partial charge in [0.1, 0.15) is 5.75 Å². The zero-order valence-electron chi connectivity index (χ0n) is 15.6. The number of ether oxygens (including phenoxy) is 1. The molecule has 0 aromatic heterocycles. The molecule has 0 spiro atoms. The van der Waals surface area contributed by atoms with Gasteiger partial charge in [0.15, 0.2) is 0 Å². The lowest BCUT2D eigenvalue weighted by Crippen LogP contribution is -2.00. The Bertz CT molecular complexity index is 665. The van der Waals surface area contributed by atoms with E-state index in [2.05, 4.69) is 76.2 Å². The van der Waals surface area contributed by atoms with E-state index in [0.29, 0.717) is 0 Å². The minimum absolute atomic E-state index is 0.813. The van der Waals surface area contributed by atoms with Crippen LogP contribution in [0.3, 0.4) is 0 Å². The van der Waals surface area contributed by atoms with E-state index in [4.69, 9.17) is 4.74 Å². The van der Waals surface area contributed by atoms with Crippen molar-refractivity contribution < 1.29 is 4.74 Å². The van der Waals surface area contributed by atoms with Crippen molar-refractivity contribution in [1.82, 2.24) is 0 Å². The molecule has 128 valence electrons. The van der Waals surface area contributed by atoms with E-state index >= 15 is 0 Å². The molecule has 24 heavy (non-hydrogen) atoms. The first-order chi connectivity index (χ1) is 11.7. The summed E-state index contributed by atoms with van der Waals surface area (Å²) in [4.78, 5) is 0. The van der Waals surface area contributed by atoms with Gasteiger partial charge in [-0.25, -0.2) is 0 Å². The van der Waals surface area contributed by atoms with Gasteiger partial charge < -0.3 is 4.74 Å². The second kappa shape index (κ2) is 9.32. The number of unbranched alkanes of at least 4 members (excludes halogenated alkanes) is 2. The highest BCUT2D eigenvalue weighted by Crippen LogP contribution is 2.26. The summed E-state index contributed by atoms with van der Waals surface area (Å²) >= 11 is 0. The van der Waals surface area contributed by atoms with Gasteiger partial charge in [0.05, 0.1) is 6.61 Å². The molecule has 0 saturated heterocycles. The molecule has 0 N–H and O–H groups in total. The predicted molar refractivity (Wildman–Crippen MR) is 106 cm³/mol. The molecule has 0 atom stereocenters. The van der Waals surface area contributed by atoms with Crippen molar-refractivity contribution in [2.45, 2.75) is 53.4 Å². The summed E-state index contributed by atoms with van der Waals surface area (Å²) < 4.78 is 5.94. The molecular weight excluding hydrogens is 292 g/mol. The second-order valence-electron chi connectivity index (χ2n) is 6.39. The summed E-state index contributed by atoms with van der Waals surface area (Å²) in [6, 6.07) is 13.0. The van der Waals surface area contributed by atoms with Gasteiger partial charge in [-0.2, -0.15) is 0 Å². The van der Waals surface area contributed by atoms with Crippen molar-refractivity contribution in [1.29, 1.82) is 0 Å². The maximum atomic E-state index is 5.94. The first-order valence-electron chi connectivity index (χ1n) is 9.15. The Hall–Kier alpha value is -2.02. The average Bonchev–Trinajstić information content (AvgIpc) is 2.62. The van der Waals surface area contributed by atoms with Crippen molar-refractivity contribution >= 4 is 12.2 Å². The third-order valence-corrected chi connectivity index (χ3v) is 4.63. The molecule has 0 aliphatic heterocycles. The lowest BCUT2D eigenvalue weighted by molar-refractivity contribution is 0.304. The van der Waals surface area contributed by atoms with Gasteiger partial charge in [0, 0.05) is 0 Å². The number of rotatable bonds is 8. The van der Waals surface area contributed by atoms with Crippen LogP contribution >= 0.6 is 0 Å². The molecule has 0 saturated carbocycles. The van der Waals surface area contributed by atoms with Crippen molar-refractivity contribution in [2.24, 2.45) is 0 Å². The monoisotopic (exact) mass is 322 g/mol. The standard InChI is InChI=1S/C23H30O/c1-5-7-8-17-24-23-16-15-22(18(3)19(23)4)14-13-21-11-9-20(6-2)10-12-21/h9-16H,5-8,17H2,1-4H3. The van der Waals surface area contributed by atoms with Gasteiger partial charge in [0.2, 0.25) is 0 Å². The van der Waals surface area contributed by atoms with Gasteiger partial charge in [-0.05, 0) is 60.6 Å². The SMILES string of the molecule is CCCCCOc1ccc(C=Cc2ccc(CC)cc2)c(C)c1C. The van der Waals surface area contributed by atoms with Crippen LogP contribution in [0, 0.1) is 13.8 Å². The van der Waals surface area contributed by atoms with Crippen LogP contribution in [0.5, 0.6) is 5.75 Å². The van der Waals surface area contributed by atoms with E-state index in [1.165, 1.54) is 40.7 Å². The third kappa shape index (κ3) is 4.99. The number of benzene rings is 2. The van der Waals surface area contributed by atoms with Crippen molar-refractivity contribution in [2.75, 3.05) is 6.61 Å². The fourth-order valence-corrected chi connectivity index (χ4v) is 2.74. The Kier molecular flexibility index (Phi) is 7.11. The lowest BCUT2D eigenvalue weighted by atomic mass is 10.0. The Balaban J connectivity index is 2.07. The minimum atomic E-state index is 0.813. The molecule has 1 heteroatoms. The summed E-state index contributed by atoms with van der Waals surface area (Å²) in [5, 5.41) is 0. The summed E-state index contributed by atoms with van der Waals surface area (Å²) in [6.45, 7) is 9.54. The molecule has 0 aliphatic rings. The molecule has 1 nitrogen and oxygen atoms in total. The molecule has 0 fully saturated rings. The van der Waals surface area contributed by atoms with Crippen LogP contribution in [0.4, 0.5) is 0 Å². The average molecular weight is 322 g/mol. The zero-order chi connectivity index (χ0) is 17.4. The first kappa shape index (κ1) is 18.3. The fourth-order valence-electron chi connectivity index (χ4n) is 2.74. The maximum absolute atomic E-state index is 5.94. The molecule has 0 aliphatic carbocycles. The third-order valence-electron chi connectivity index (χ3n) is 4.63. The van der Waals surface area contributed by atoms with Crippen LogP contribution in [0.1, 0.15) is 60.9 Å². The number of hydrogen-bond acceptors (Lipinski definition) is 1. The van der Waals surface area contributed by atoms with E-state index in [-0.39, 0.29) is 0 Å². The highest BCUT2D eigenvalue weighted by Gasteiger charge is 2.05. The summed E-state index contributed by atoms with van der Waals surface area (Å²) in [6.07, 6.45) is 9.06. The summed E-state index contributed by atoms with van der Waals surface area (Å²) in [5.74, 6) is 1.02. The number of aryl methyl sites for hydroxylation is 1. The zero-order valence-corrected chi connectivity index (χ0v) is 15.6. The molecule has 0 heterocycles. The predicted octanol–water partition coefficient (Wildman–Crippen LogP) is 6.61. The van der Waals surface area contributed by atoms with Gasteiger partial charge in [-0.3, -0.25) is 0 Å². The first-order valence-corrected chi connectivity index (χ1v) is 9.15. The molecular formula is C23H30O. The smallest absolute Gasteiger partial charge is 0.122 e. The highest BCUT2D eigenvalue weighted by atomic mass is 16.5. The normalized spacial score (nSPS) is 11.2. The van der Waals surface area contributed by atoms with Crippen LogP contribution in [0.15, 0.2) is 36.4 Å². The quantitative estimate of drug-likeness (QED) is 0.393. The van der Waals surface area contributed by atoms with E-state index in [1.807, 2.05) is 0 Å². The molecule has 0 bridgehead atoms. The van der Waals surface area contributed by atoms with E-state index in [1.54, 1.807) is 0 Å². The largest absolute Gasteiger partial charge is 0.493 e. The van der Waals surface area contributed by atoms with Crippen LogP contribution < -0.4 is 4.74 Å². The van der Waals surface area contributed by atoms with E-state index < -0.39 is 0 Å². The van der Waals surface area contributed by atoms with Crippen molar-refractivity contribution in [3.63, 3.8) is 0 Å². The van der Waals surface area contributed by atoms with Gasteiger partial charge >= 0.3 is 0 Å². The Morgan fingerprint density at radius 2 is 1.58 bits per heavy atom. The molecule has 2 aromatic carbocycles. The highest BCUT2D eigenvalue weighted by molar-refractivity contribution is 5.72. The maximum Gasteiger partial charge on any atom is 0.122 e. The van der Waals surface area contributed by atoms with Crippen molar-refractivity contribution in [3.05, 3.63) is 64.2 Å². The van der Waals surface area contributed by atoms with Gasteiger partial charge in [-0.1, -0.05) is 69.2 Å². The Labute approximate surface area is 147 Å². The van der Waals surface area contributed by atoms with Crippen LogP contribution in [-0.4, -0.2) is 6.61 Å². The summed E-state index contributed by atoms with van der Waals surface area (Å²) in [5.41, 5.74) is 6.42. The van der Waals surface area contributed by atoms with Crippen LogP contribution in [0.25, 0.3) is 12.2 Å².